The van der Waals surface area contributed by atoms with Crippen molar-refractivity contribution in [3.05, 3.63) is 97.1 Å². The summed E-state index contributed by atoms with van der Waals surface area (Å²) < 4.78 is 2.30. The van der Waals surface area contributed by atoms with Crippen LogP contribution in [0.2, 0.25) is 0 Å². The number of thioether (sulfide) groups is 1. The molecule has 0 saturated carbocycles. The van der Waals surface area contributed by atoms with Crippen LogP contribution in [0.1, 0.15) is 6.92 Å². The van der Waals surface area contributed by atoms with Gasteiger partial charge in [0.1, 0.15) is 0 Å². The van der Waals surface area contributed by atoms with Crippen molar-refractivity contribution < 1.29 is 4.79 Å². The monoisotopic (exact) mass is 510 g/mol. The predicted octanol–water partition coefficient (Wildman–Crippen LogP) is 7.35. The molecule has 0 unspecified atom stereocenters. The Morgan fingerprint density at radius 3 is 2.28 bits per heavy atom. The second-order valence-electron chi connectivity index (χ2n) is 8.30. The minimum Gasteiger partial charge on any atom is -0.341 e. The van der Waals surface area contributed by atoms with Crippen LogP contribution in [-0.4, -0.2) is 21.3 Å². The first kappa shape index (κ1) is 23.9. The number of hydrogen-bond acceptors (Lipinski definition) is 3. The summed E-state index contributed by atoms with van der Waals surface area (Å²) in [5.74, 6) is 0.267. The lowest BCUT2D eigenvalue weighted by atomic mass is 10.1. The zero-order chi connectivity index (χ0) is 24.9. The predicted molar refractivity (Wildman–Crippen MR) is 157 cm³/mol. The van der Waals surface area contributed by atoms with E-state index in [1.54, 1.807) is 0 Å². The number of hydrogen-bond donors (Lipinski definition) is 3. The molecule has 1 aromatic heterocycles. The lowest BCUT2D eigenvalue weighted by Crippen LogP contribution is -2.19. The van der Waals surface area contributed by atoms with Gasteiger partial charge in [-0.2, -0.15) is 0 Å². The normalized spacial score (nSPS) is 10.9. The van der Waals surface area contributed by atoms with E-state index in [1.165, 1.54) is 28.2 Å². The van der Waals surface area contributed by atoms with E-state index in [0.29, 0.717) is 10.9 Å². The number of aryl methyl sites for hydroxylation is 1. The standard InChI is InChI=1S/C29H26N4OS2/c1-2-33-26-14-7-6-13-24(26)25-18-22(15-16-27(25)33)30-28(34)19-36-23-12-8-11-21(17-23)32-29(35)31-20-9-4-3-5-10-20/h3-18H,2,19H2,1H3,(H,30,34)(H2,31,32,35). The Labute approximate surface area is 219 Å². The number of thiocarbonyl (C=S) groups is 1. The molecule has 5 rings (SSSR count). The third-order valence-corrected chi connectivity index (χ3v) is 7.06. The summed E-state index contributed by atoms with van der Waals surface area (Å²) in [5.41, 5.74) is 4.98. The van der Waals surface area contributed by atoms with E-state index in [4.69, 9.17) is 12.2 Å². The van der Waals surface area contributed by atoms with Gasteiger partial charge >= 0.3 is 0 Å². The van der Waals surface area contributed by atoms with Crippen LogP contribution in [0.3, 0.4) is 0 Å². The molecule has 0 spiro atoms. The fourth-order valence-corrected chi connectivity index (χ4v) is 5.29. The summed E-state index contributed by atoms with van der Waals surface area (Å²) in [5, 5.41) is 12.3. The van der Waals surface area contributed by atoms with Crippen LogP contribution in [0.4, 0.5) is 17.1 Å². The second-order valence-corrected chi connectivity index (χ2v) is 9.76. The number of aromatic nitrogens is 1. The van der Waals surface area contributed by atoms with Gasteiger partial charge in [-0.3, -0.25) is 4.79 Å². The fraction of sp³-hybridized carbons (Fsp3) is 0.103. The van der Waals surface area contributed by atoms with Crippen molar-refractivity contribution in [1.82, 2.24) is 4.57 Å². The Balaban J connectivity index is 1.21. The Morgan fingerprint density at radius 2 is 1.44 bits per heavy atom. The van der Waals surface area contributed by atoms with Gasteiger partial charge in [-0.25, -0.2) is 0 Å². The van der Waals surface area contributed by atoms with Crippen molar-refractivity contribution in [3.63, 3.8) is 0 Å². The minimum atomic E-state index is -0.0433. The molecule has 0 aliphatic heterocycles. The van der Waals surface area contributed by atoms with Crippen LogP contribution < -0.4 is 16.0 Å². The first-order chi connectivity index (χ1) is 17.6. The number of anilines is 3. The topological polar surface area (TPSA) is 58.1 Å². The third kappa shape index (κ3) is 5.37. The molecule has 4 aromatic carbocycles. The molecule has 1 amide bonds. The molecular formula is C29H26N4OS2. The molecule has 7 heteroatoms. The smallest absolute Gasteiger partial charge is 0.234 e. The Morgan fingerprint density at radius 1 is 0.750 bits per heavy atom. The maximum atomic E-state index is 12.7. The quantitative estimate of drug-likeness (QED) is 0.158. The lowest BCUT2D eigenvalue weighted by molar-refractivity contribution is -0.113. The van der Waals surface area contributed by atoms with Gasteiger partial charge in [0.05, 0.1) is 5.75 Å². The molecule has 180 valence electrons. The fourth-order valence-electron chi connectivity index (χ4n) is 4.30. The van der Waals surface area contributed by atoms with Gasteiger partial charge in [-0.1, -0.05) is 42.5 Å². The van der Waals surface area contributed by atoms with Crippen molar-refractivity contribution >= 4 is 73.9 Å². The molecule has 0 atom stereocenters. The van der Waals surface area contributed by atoms with E-state index in [0.717, 1.165) is 33.9 Å². The lowest BCUT2D eigenvalue weighted by Gasteiger charge is -2.11. The highest BCUT2D eigenvalue weighted by Gasteiger charge is 2.11. The van der Waals surface area contributed by atoms with Gasteiger partial charge in [0.15, 0.2) is 5.11 Å². The molecule has 0 saturated heterocycles. The highest BCUT2D eigenvalue weighted by Crippen LogP contribution is 2.31. The molecule has 36 heavy (non-hydrogen) atoms. The molecule has 1 heterocycles. The number of benzene rings is 4. The van der Waals surface area contributed by atoms with Crippen LogP contribution in [0.25, 0.3) is 21.8 Å². The number of nitrogens with zero attached hydrogens (tertiary/aromatic N) is 1. The number of amides is 1. The first-order valence-corrected chi connectivity index (χ1v) is 13.2. The van der Waals surface area contributed by atoms with Gasteiger partial charge in [0.25, 0.3) is 0 Å². The van der Waals surface area contributed by atoms with Crippen LogP contribution in [0.5, 0.6) is 0 Å². The SMILES string of the molecule is CCn1c2ccccc2c2cc(NC(=O)CSc3cccc(NC(=S)Nc4ccccc4)c3)ccc21. The average molecular weight is 511 g/mol. The van der Waals surface area contributed by atoms with Crippen LogP contribution in [0, 0.1) is 0 Å². The Kier molecular flexibility index (Phi) is 7.21. The zero-order valence-corrected chi connectivity index (χ0v) is 21.5. The molecule has 0 aliphatic carbocycles. The average Bonchev–Trinajstić information content (AvgIpc) is 3.21. The maximum absolute atomic E-state index is 12.7. The number of carbonyl (C=O) groups excluding carboxylic acids is 1. The first-order valence-electron chi connectivity index (χ1n) is 11.8. The van der Waals surface area contributed by atoms with Gasteiger partial charge in [0.2, 0.25) is 5.91 Å². The molecule has 0 fully saturated rings. The molecule has 0 aliphatic rings. The molecule has 3 N–H and O–H groups in total. The Hall–Kier alpha value is -3.81. The van der Waals surface area contributed by atoms with Crippen molar-refractivity contribution in [2.24, 2.45) is 0 Å². The summed E-state index contributed by atoms with van der Waals surface area (Å²) in [4.78, 5) is 13.7. The zero-order valence-electron chi connectivity index (χ0n) is 19.8. The van der Waals surface area contributed by atoms with E-state index in [9.17, 15) is 4.79 Å². The number of fused-ring (bicyclic) bond motifs is 3. The molecule has 0 bridgehead atoms. The largest absolute Gasteiger partial charge is 0.341 e. The highest BCUT2D eigenvalue weighted by atomic mass is 32.2. The Bertz CT molecular complexity index is 1550. The molecule has 0 radical (unpaired) electrons. The third-order valence-electron chi connectivity index (χ3n) is 5.87. The van der Waals surface area contributed by atoms with Gasteiger partial charge < -0.3 is 20.5 Å². The number of para-hydroxylation sites is 2. The van der Waals surface area contributed by atoms with E-state index < -0.39 is 0 Å². The molecular weight excluding hydrogens is 484 g/mol. The van der Waals surface area contributed by atoms with Crippen molar-refractivity contribution in [2.75, 3.05) is 21.7 Å². The summed E-state index contributed by atoms with van der Waals surface area (Å²) in [6.45, 7) is 3.05. The summed E-state index contributed by atoms with van der Waals surface area (Å²) in [7, 11) is 0. The van der Waals surface area contributed by atoms with Crippen LogP contribution >= 0.6 is 24.0 Å². The summed E-state index contributed by atoms with van der Waals surface area (Å²) >= 11 is 6.90. The molecule has 5 nitrogen and oxygen atoms in total. The summed E-state index contributed by atoms with van der Waals surface area (Å²) in [6, 6.07) is 32.2. The van der Waals surface area contributed by atoms with E-state index in [1.807, 2.05) is 60.7 Å². The minimum absolute atomic E-state index is 0.0433. The number of nitrogens with one attached hydrogen (secondary N) is 3. The van der Waals surface area contributed by atoms with E-state index in [2.05, 4.69) is 63.8 Å². The number of rotatable bonds is 7. The van der Waals surface area contributed by atoms with Crippen molar-refractivity contribution in [2.45, 2.75) is 18.4 Å². The van der Waals surface area contributed by atoms with Gasteiger partial charge in [-0.05, 0) is 73.7 Å². The number of carbonyl (C=O) groups is 1. The van der Waals surface area contributed by atoms with E-state index >= 15 is 0 Å². The van der Waals surface area contributed by atoms with Crippen molar-refractivity contribution in [3.8, 4) is 0 Å². The second kappa shape index (κ2) is 10.8. The van der Waals surface area contributed by atoms with Crippen LogP contribution in [-0.2, 0) is 11.3 Å². The van der Waals surface area contributed by atoms with Gasteiger partial charge in [-0.15, -0.1) is 11.8 Å². The van der Waals surface area contributed by atoms with Gasteiger partial charge in [0, 0.05) is 50.3 Å². The van der Waals surface area contributed by atoms with E-state index in [-0.39, 0.29) is 5.91 Å². The maximum Gasteiger partial charge on any atom is 0.234 e. The van der Waals surface area contributed by atoms with Crippen LogP contribution in [0.15, 0.2) is 102 Å². The molecule has 5 aromatic rings. The van der Waals surface area contributed by atoms with Crippen molar-refractivity contribution in [1.29, 1.82) is 0 Å². The highest BCUT2D eigenvalue weighted by molar-refractivity contribution is 8.00. The summed E-state index contributed by atoms with van der Waals surface area (Å²) in [6.07, 6.45) is 0.